The number of aromatic nitrogens is 2. The van der Waals surface area contributed by atoms with Crippen molar-refractivity contribution >= 4 is 39.1 Å². The van der Waals surface area contributed by atoms with Gasteiger partial charge in [-0.05, 0) is 43.9 Å². The molecule has 0 saturated heterocycles. The standard InChI is InChI=1S/C22H25N5O3S/c1-14-15(2)31-21-20(14)22(30)27(13-23-21)11-9-18(28)24-25-19(29)12-26-10-5-7-16-6-3-4-8-17(16)26/h3-4,6,8,13H,5,7,9-12H2,1-2H3,(H,24,28)(H,25,29). The van der Waals surface area contributed by atoms with Gasteiger partial charge in [0.25, 0.3) is 11.5 Å². The summed E-state index contributed by atoms with van der Waals surface area (Å²) in [6, 6.07) is 8.06. The zero-order valence-electron chi connectivity index (χ0n) is 17.6. The number of benzene rings is 1. The summed E-state index contributed by atoms with van der Waals surface area (Å²) in [6.07, 6.45) is 3.53. The van der Waals surface area contributed by atoms with Gasteiger partial charge in [-0.15, -0.1) is 11.3 Å². The minimum Gasteiger partial charge on any atom is -0.362 e. The molecule has 0 unspecified atom stereocenters. The zero-order chi connectivity index (χ0) is 22.0. The second-order valence-electron chi connectivity index (χ2n) is 7.71. The van der Waals surface area contributed by atoms with Crippen molar-refractivity contribution in [1.82, 2.24) is 20.4 Å². The summed E-state index contributed by atoms with van der Waals surface area (Å²) < 4.78 is 1.44. The van der Waals surface area contributed by atoms with Gasteiger partial charge in [0.05, 0.1) is 18.3 Å². The summed E-state index contributed by atoms with van der Waals surface area (Å²) in [5, 5.41) is 0.612. The molecule has 4 rings (SSSR count). The van der Waals surface area contributed by atoms with Crippen molar-refractivity contribution in [1.29, 1.82) is 0 Å². The van der Waals surface area contributed by atoms with Crippen LogP contribution in [0, 0.1) is 13.8 Å². The molecule has 0 bridgehead atoms. The maximum Gasteiger partial charge on any atom is 0.262 e. The second-order valence-corrected chi connectivity index (χ2v) is 8.91. The van der Waals surface area contributed by atoms with E-state index >= 15 is 0 Å². The van der Waals surface area contributed by atoms with Crippen LogP contribution in [0.15, 0.2) is 35.4 Å². The van der Waals surface area contributed by atoms with Crippen molar-refractivity contribution in [2.45, 2.75) is 39.7 Å². The average molecular weight is 440 g/mol. The highest BCUT2D eigenvalue weighted by atomic mass is 32.1. The highest BCUT2D eigenvalue weighted by molar-refractivity contribution is 7.18. The largest absolute Gasteiger partial charge is 0.362 e. The lowest BCUT2D eigenvalue weighted by molar-refractivity contribution is -0.128. The van der Waals surface area contributed by atoms with Crippen LogP contribution in [0.5, 0.6) is 0 Å². The van der Waals surface area contributed by atoms with Crippen molar-refractivity contribution in [3.8, 4) is 0 Å². The molecule has 2 amide bonds. The van der Waals surface area contributed by atoms with Crippen LogP contribution in [-0.2, 0) is 22.6 Å². The van der Waals surface area contributed by atoms with Gasteiger partial charge in [-0.1, -0.05) is 18.2 Å². The molecular weight excluding hydrogens is 414 g/mol. The molecule has 0 saturated carbocycles. The Labute approximate surface area is 183 Å². The fourth-order valence-corrected chi connectivity index (χ4v) is 4.83. The predicted octanol–water partition coefficient (Wildman–Crippen LogP) is 2.07. The normalized spacial score (nSPS) is 13.2. The summed E-state index contributed by atoms with van der Waals surface area (Å²) in [5.41, 5.74) is 8.00. The van der Waals surface area contributed by atoms with Gasteiger partial charge < -0.3 is 4.90 Å². The SMILES string of the molecule is Cc1sc2ncn(CCC(=O)NNC(=O)CN3CCCc4ccccc43)c(=O)c2c1C. The van der Waals surface area contributed by atoms with E-state index in [9.17, 15) is 14.4 Å². The van der Waals surface area contributed by atoms with Crippen molar-refractivity contribution in [2.75, 3.05) is 18.0 Å². The first-order valence-electron chi connectivity index (χ1n) is 10.3. The lowest BCUT2D eigenvalue weighted by atomic mass is 10.0. The maximum atomic E-state index is 12.7. The van der Waals surface area contributed by atoms with Crippen molar-refractivity contribution in [3.05, 3.63) is 57.0 Å². The number of nitrogens with zero attached hydrogens (tertiary/aromatic N) is 3. The first kappa shape index (κ1) is 21.0. The van der Waals surface area contributed by atoms with E-state index in [-0.39, 0.29) is 36.9 Å². The highest BCUT2D eigenvalue weighted by Gasteiger charge is 2.19. The topological polar surface area (TPSA) is 96.3 Å². The van der Waals surface area contributed by atoms with Crippen molar-refractivity contribution in [2.24, 2.45) is 0 Å². The van der Waals surface area contributed by atoms with Crippen molar-refractivity contribution < 1.29 is 9.59 Å². The molecule has 9 heteroatoms. The van der Waals surface area contributed by atoms with Crippen LogP contribution in [0.2, 0.25) is 0 Å². The van der Waals surface area contributed by atoms with E-state index in [4.69, 9.17) is 0 Å². The molecule has 0 radical (unpaired) electrons. The van der Waals surface area contributed by atoms with E-state index in [0.717, 1.165) is 35.5 Å². The van der Waals surface area contributed by atoms with E-state index in [0.29, 0.717) is 10.2 Å². The van der Waals surface area contributed by atoms with Gasteiger partial charge in [0, 0.05) is 30.1 Å². The Balaban J connectivity index is 1.30. The van der Waals surface area contributed by atoms with E-state index in [1.54, 1.807) is 0 Å². The number of thiophene rings is 1. The van der Waals surface area contributed by atoms with Crippen LogP contribution in [0.1, 0.15) is 28.8 Å². The number of carbonyl (C=O) groups excluding carboxylic acids is 2. The first-order chi connectivity index (χ1) is 14.9. The van der Waals surface area contributed by atoms with Gasteiger partial charge in [-0.2, -0.15) is 0 Å². The average Bonchev–Trinajstić information content (AvgIpc) is 3.06. The number of hydrogen-bond acceptors (Lipinski definition) is 6. The third-order valence-corrected chi connectivity index (χ3v) is 6.73. The molecule has 0 fully saturated rings. The van der Waals surface area contributed by atoms with Gasteiger partial charge in [0.15, 0.2) is 0 Å². The fraction of sp³-hybridized carbons (Fsp3) is 0.364. The van der Waals surface area contributed by atoms with Crippen LogP contribution < -0.4 is 21.3 Å². The number of rotatable bonds is 5. The van der Waals surface area contributed by atoms with Gasteiger partial charge in [0.1, 0.15) is 4.83 Å². The molecule has 0 spiro atoms. The van der Waals surface area contributed by atoms with Crippen LogP contribution in [0.3, 0.4) is 0 Å². The molecule has 2 N–H and O–H groups in total. The number of anilines is 1. The minimum atomic E-state index is -0.363. The summed E-state index contributed by atoms with van der Waals surface area (Å²) in [6.45, 7) is 5.04. The second kappa shape index (κ2) is 8.89. The Morgan fingerprint density at radius 2 is 1.94 bits per heavy atom. The van der Waals surface area contributed by atoms with Crippen LogP contribution in [-0.4, -0.2) is 34.5 Å². The third kappa shape index (κ3) is 4.46. The van der Waals surface area contributed by atoms with Gasteiger partial charge in [-0.25, -0.2) is 4.98 Å². The number of amides is 2. The fourth-order valence-electron chi connectivity index (χ4n) is 3.84. The smallest absolute Gasteiger partial charge is 0.262 e. The highest BCUT2D eigenvalue weighted by Crippen LogP contribution is 2.26. The Bertz CT molecular complexity index is 1200. The molecule has 31 heavy (non-hydrogen) atoms. The monoisotopic (exact) mass is 439 g/mol. The van der Waals surface area contributed by atoms with Gasteiger partial charge in [-0.3, -0.25) is 29.8 Å². The number of hydrogen-bond donors (Lipinski definition) is 2. The number of para-hydroxylation sites is 1. The summed E-state index contributed by atoms with van der Waals surface area (Å²) in [5.74, 6) is -0.646. The molecule has 8 nitrogen and oxygen atoms in total. The van der Waals surface area contributed by atoms with Crippen LogP contribution in [0.4, 0.5) is 5.69 Å². The molecule has 162 valence electrons. The minimum absolute atomic E-state index is 0.0576. The van der Waals surface area contributed by atoms with Crippen LogP contribution in [0.25, 0.3) is 10.2 Å². The van der Waals surface area contributed by atoms with E-state index in [2.05, 4.69) is 21.9 Å². The summed E-state index contributed by atoms with van der Waals surface area (Å²) in [4.78, 5) is 45.3. The first-order valence-corrected chi connectivity index (χ1v) is 11.1. The number of nitrogens with one attached hydrogen (secondary N) is 2. The van der Waals surface area contributed by atoms with Crippen LogP contribution >= 0.6 is 11.3 Å². The lowest BCUT2D eigenvalue weighted by Crippen LogP contribution is -2.47. The Morgan fingerprint density at radius 3 is 2.77 bits per heavy atom. The summed E-state index contributed by atoms with van der Waals surface area (Å²) >= 11 is 1.49. The number of carbonyl (C=O) groups is 2. The summed E-state index contributed by atoms with van der Waals surface area (Å²) in [7, 11) is 0. The maximum absolute atomic E-state index is 12.7. The molecule has 0 atom stereocenters. The molecule has 0 aliphatic carbocycles. The van der Waals surface area contributed by atoms with E-state index < -0.39 is 0 Å². The van der Waals surface area contributed by atoms with E-state index in [1.165, 1.54) is 27.8 Å². The number of hydrazine groups is 1. The predicted molar refractivity (Wildman–Crippen MR) is 121 cm³/mol. The zero-order valence-corrected chi connectivity index (χ0v) is 18.4. The molecule has 2 aromatic heterocycles. The molecule has 1 aliphatic heterocycles. The van der Waals surface area contributed by atoms with Gasteiger partial charge in [0.2, 0.25) is 5.91 Å². The Morgan fingerprint density at radius 1 is 1.16 bits per heavy atom. The Kier molecular flexibility index (Phi) is 6.03. The lowest BCUT2D eigenvalue weighted by Gasteiger charge is -2.30. The molecular formula is C22H25N5O3S. The van der Waals surface area contributed by atoms with Crippen molar-refractivity contribution in [3.63, 3.8) is 0 Å². The number of aryl methyl sites for hydroxylation is 4. The van der Waals surface area contributed by atoms with Gasteiger partial charge >= 0.3 is 0 Å². The molecule has 3 heterocycles. The molecule has 1 aliphatic rings. The molecule has 3 aromatic rings. The quantitative estimate of drug-likeness (QED) is 0.594. The number of fused-ring (bicyclic) bond motifs is 2. The third-order valence-electron chi connectivity index (χ3n) is 5.62. The van der Waals surface area contributed by atoms with E-state index in [1.807, 2.05) is 36.9 Å². The molecule has 1 aromatic carbocycles. The Hall–Kier alpha value is -3.20.